The molecule has 0 saturated heterocycles. The van der Waals surface area contributed by atoms with Crippen molar-refractivity contribution in [1.82, 2.24) is 5.32 Å². The van der Waals surface area contributed by atoms with Gasteiger partial charge in [0.2, 0.25) is 0 Å². The van der Waals surface area contributed by atoms with E-state index in [9.17, 15) is 9.59 Å². The summed E-state index contributed by atoms with van der Waals surface area (Å²) in [7, 11) is 1.47. The summed E-state index contributed by atoms with van der Waals surface area (Å²) in [6, 6.07) is 7.72. The molecule has 0 unspecified atom stereocenters. The van der Waals surface area contributed by atoms with Crippen molar-refractivity contribution in [2.45, 2.75) is 26.7 Å². The van der Waals surface area contributed by atoms with Gasteiger partial charge in [-0.1, -0.05) is 32.0 Å². The third-order valence-electron chi connectivity index (χ3n) is 2.78. The summed E-state index contributed by atoms with van der Waals surface area (Å²) in [6.07, 6.45) is 1.87. The highest BCUT2D eigenvalue weighted by Gasteiger charge is 2.26. The molecule has 0 atom stereocenters. The van der Waals surface area contributed by atoms with Gasteiger partial charge in [-0.05, 0) is 24.5 Å². The number of hydrogen-bond donors (Lipinski definition) is 1. The second-order valence-corrected chi connectivity index (χ2v) is 3.77. The lowest BCUT2D eigenvalue weighted by molar-refractivity contribution is -0.137. The fraction of sp³-hybridized carbons (Fsp3) is 0.429. The highest BCUT2D eigenvalue weighted by molar-refractivity contribution is 6.40. The normalized spacial score (nSPS) is 12.9. The van der Waals surface area contributed by atoms with E-state index in [2.05, 4.69) is 5.32 Å². The topological polar surface area (TPSA) is 49.4 Å². The maximum Gasteiger partial charge on any atom is 0.316 e. The number of carbonyl (C=O) groups is 2. The molecule has 0 aromatic heterocycles. The van der Waals surface area contributed by atoms with Crippen LogP contribution in [-0.4, -0.2) is 25.4 Å². The first-order chi connectivity index (χ1) is 8.74. The van der Waals surface area contributed by atoms with Gasteiger partial charge in [0.05, 0.1) is 0 Å². The standard InChI is InChI=1S/C12H14N2O2.C2H6/c1-13-11(15)12(16)14-8-4-6-9-5-2-3-7-10(9)14;1-2/h2-3,5,7H,4,6,8H2,1H3,(H,13,15);1-2H3. The van der Waals surface area contributed by atoms with Gasteiger partial charge < -0.3 is 10.2 Å². The van der Waals surface area contributed by atoms with Gasteiger partial charge in [-0.25, -0.2) is 0 Å². The molecule has 4 heteroatoms. The number of benzene rings is 1. The summed E-state index contributed by atoms with van der Waals surface area (Å²) in [5.74, 6) is -1.04. The molecule has 1 aliphatic rings. The molecule has 1 aromatic carbocycles. The molecular formula is C14H20N2O2. The summed E-state index contributed by atoms with van der Waals surface area (Å²) < 4.78 is 0. The van der Waals surface area contributed by atoms with Crippen molar-refractivity contribution in [3.8, 4) is 0 Å². The number of amides is 2. The van der Waals surface area contributed by atoms with Crippen LogP contribution in [0.2, 0.25) is 0 Å². The molecule has 1 N–H and O–H groups in total. The Morgan fingerprint density at radius 3 is 2.56 bits per heavy atom. The zero-order valence-corrected chi connectivity index (χ0v) is 11.2. The average Bonchev–Trinajstić information content (AvgIpc) is 2.47. The Morgan fingerprint density at radius 1 is 1.22 bits per heavy atom. The zero-order chi connectivity index (χ0) is 13.5. The molecule has 98 valence electrons. The Kier molecular flexibility index (Phi) is 5.36. The van der Waals surface area contributed by atoms with Crippen molar-refractivity contribution in [3.05, 3.63) is 29.8 Å². The minimum absolute atomic E-state index is 0.477. The second kappa shape index (κ2) is 6.79. The van der Waals surface area contributed by atoms with Crippen LogP contribution in [0.3, 0.4) is 0 Å². The smallest absolute Gasteiger partial charge is 0.316 e. The van der Waals surface area contributed by atoms with Crippen LogP contribution in [0.15, 0.2) is 24.3 Å². The number of rotatable bonds is 0. The molecular weight excluding hydrogens is 228 g/mol. The van der Waals surface area contributed by atoms with E-state index in [4.69, 9.17) is 0 Å². The minimum atomic E-state index is -0.559. The van der Waals surface area contributed by atoms with Crippen LogP contribution >= 0.6 is 0 Å². The molecule has 18 heavy (non-hydrogen) atoms. The molecule has 1 aliphatic heterocycles. The molecule has 2 rings (SSSR count). The molecule has 0 fully saturated rings. The number of nitrogens with zero attached hydrogens (tertiary/aromatic N) is 1. The third-order valence-corrected chi connectivity index (χ3v) is 2.78. The SMILES string of the molecule is CC.CNC(=O)C(=O)N1CCCc2ccccc21. The number of likely N-dealkylation sites (N-methyl/N-ethyl adjacent to an activating group) is 1. The lowest BCUT2D eigenvalue weighted by atomic mass is 10.0. The number of para-hydroxylation sites is 1. The van der Waals surface area contributed by atoms with E-state index in [1.807, 2.05) is 38.1 Å². The highest BCUT2D eigenvalue weighted by atomic mass is 16.2. The van der Waals surface area contributed by atoms with E-state index < -0.39 is 11.8 Å². The van der Waals surface area contributed by atoms with Crippen molar-refractivity contribution in [2.24, 2.45) is 0 Å². The fourth-order valence-corrected chi connectivity index (χ4v) is 1.97. The second-order valence-electron chi connectivity index (χ2n) is 3.77. The molecule has 2 amide bonds. The van der Waals surface area contributed by atoms with Gasteiger partial charge in [0.1, 0.15) is 0 Å². The Labute approximate surface area is 108 Å². The quantitative estimate of drug-likeness (QED) is 0.711. The lowest BCUT2D eigenvalue weighted by Gasteiger charge is -2.28. The van der Waals surface area contributed by atoms with Crippen LogP contribution in [0.25, 0.3) is 0 Å². The molecule has 0 aliphatic carbocycles. The predicted molar refractivity (Wildman–Crippen MR) is 72.5 cm³/mol. The third kappa shape index (κ3) is 2.88. The Hall–Kier alpha value is -1.84. The van der Waals surface area contributed by atoms with E-state index in [-0.39, 0.29) is 0 Å². The van der Waals surface area contributed by atoms with Crippen molar-refractivity contribution in [3.63, 3.8) is 0 Å². The van der Waals surface area contributed by atoms with Crippen molar-refractivity contribution in [2.75, 3.05) is 18.5 Å². The van der Waals surface area contributed by atoms with E-state index in [1.165, 1.54) is 7.05 Å². The minimum Gasteiger partial charge on any atom is -0.351 e. The van der Waals surface area contributed by atoms with Crippen LogP contribution in [0, 0.1) is 0 Å². The van der Waals surface area contributed by atoms with Gasteiger partial charge >= 0.3 is 11.8 Å². The number of anilines is 1. The Bertz CT molecular complexity index is 430. The summed E-state index contributed by atoms with van der Waals surface area (Å²) in [5, 5.41) is 2.36. The number of aryl methyl sites for hydroxylation is 1. The van der Waals surface area contributed by atoms with Gasteiger partial charge in [-0.2, -0.15) is 0 Å². The van der Waals surface area contributed by atoms with Gasteiger partial charge in [0.15, 0.2) is 0 Å². The van der Waals surface area contributed by atoms with E-state index in [1.54, 1.807) is 4.90 Å². The summed E-state index contributed by atoms with van der Waals surface area (Å²) >= 11 is 0. The van der Waals surface area contributed by atoms with Crippen molar-refractivity contribution in [1.29, 1.82) is 0 Å². The van der Waals surface area contributed by atoms with Crippen molar-refractivity contribution >= 4 is 17.5 Å². The highest BCUT2D eigenvalue weighted by Crippen LogP contribution is 2.26. The summed E-state index contributed by atoms with van der Waals surface area (Å²) in [6.45, 7) is 4.61. The summed E-state index contributed by atoms with van der Waals surface area (Å²) in [5.41, 5.74) is 1.99. The molecule has 0 saturated carbocycles. The number of fused-ring (bicyclic) bond motifs is 1. The first-order valence-corrected chi connectivity index (χ1v) is 6.35. The fourth-order valence-electron chi connectivity index (χ4n) is 1.97. The molecule has 0 spiro atoms. The maximum absolute atomic E-state index is 11.8. The van der Waals surface area contributed by atoms with Gasteiger partial charge in [0.25, 0.3) is 0 Å². The van der Waals surface area contributed by atoms with Crippen LogP contribution in [-0.2, 0) is 16.0 Å². The average molecular weight is 248 g/mol. The van der Waals surface area contributed by atoms with Crippen LogP contribution in [0.4, 0.5) is 5.69 Å². The predicted octanol–water partition coefficient (Wildman–Crippen LogP) is 1.74. The van der Waals surface area contributed by atoms with Gasteiger partial charge in [-0.3, -0.25) is 9.59 Å². The maximum atomic E-state index is 11.8. The monoisotopic (exact) mass is 248 g/mol. The van der Waals surface area contributed by atoms with E-state index >= 15 is 0 Å². The number of carbonyl (C=O) groups excluding carboxylic acids is 2. The first kappa shape index (κ1) is 14.2. The largest absolute Gasteiger partial charge is 0.351 e. The van der Waals surface area contributed by atoms with Gasteiger partial charge in [-0.15, -0.1) is 0 Å². The number of hydrogen-bond acceptors (Lipinski definition) is 2. The number of nitrogens with one attached hydrogen (secondary N) is 1. The molecule has 1 heterocycles. The Balaban J connectivity index is 0.000000771. The molecule has 0 bridgehead atoms. The Morgan fingerprint density at radius 2 is 1.89 bits per heavy atom. The van der Waals surface area contributed by atoms with Crippen LogP contribution < -0.4 is 10.2 Å². The van der Waals surface area contributed by atoms with E-state index in [0.29, 0.717) is 6.54 Å². The van der Waals surface area contributed by atoms with Crippen LogP contribution in [0.1, 0.15) is 25.8 Å². The summed E-state index contributed by atoms with van der Waals surface area (Å²) in [4.78, 5) is 24.7. The van der Waals surface area contributed by atoms with Gasteiger partial charge in [0, 0.05) is 19.3 Å². The lowest BCUT2D eigenvalue weighted by Crippen LogP contribution is -2.44. The molecule has 0 radical (unpaired) electrons. The van der Waals surface area contributed by atoms with Crippen molar-refractivity contribution < 1.29 is 9.59 Å². The molecule has 4 nitrogen and oxygen atoms in total. The van der Waals surface area contributed by atoms with E-state index in [0.717, 1.165) is 24.1 Å². The zero-order valence-electron chi connectivity index (χ0n) is 11.2. The first-order valence-electron chi connectivity index (χ1n) is 6.35. The van der Waals surface area contributed by atoms with Crippen LogP contribution in [0.5, 0.6) is 0 Å². The molecule has 1 aromatic rings.